The van der Waals surface area contributed by atoms with Crippen LogP contribution in [0.1, 0.15) is 12.8 Å². The maximum Gasteiger partial charge on any atom is 0.411 e. The molecular weight excluding hydrogens is 221 g/mol. The molecule has 0 bridgehead atoms. The minimum Gasteiger partial charge on any atom is -0.342 e. The Morgan fingerprint density at radius 1 is 1.25 bits per heavy atom. The standard InChI is InChI=1S/C10H13F3N2O/c11-10(12,13)9(1-2-9)15-8(16)7-5-3-14-4-6(5)7/h5-7,14H,1-4H2,(H,15,16)/t5-,6?,7?/m1/s1. The molecule has 0 aromatic carbocycles. The Morgan fingerprint density at radius 2 is 1.81 bits per heavy atom. The summed E-state index contributed by atoms with van der Waals surface area (Å²) in [5.74, 6) is -0.0412. The van der Waals surface area contributed by atoms with Crippen LogP contribution in [0.2, 0.25) is 0 Å². The van der Waals surface area contributed by atoms with E-state index in [9.17, 15) is 18.0 Å². The van der Waals surface area contributed by atoms with Crippen LogP contribution in [0.25, 0.3) is 0 Å². The summed E-state index contributed by atoms with van der Waals surface area (Å²) in [6.45, 7) is 1.53. The summed E-state index contributed by atoms with van der Waals surface area (Å²) in [7, 11) is 0. The first-order valence-electron chi connectivity index (χ1n) is 5.54. The quantitative estimate of drug-likeness (QED) is 0.737. The molecule has 1 saturated heterocycles. The normalized spacial score (nSPS) is 39.1. The molecule has 1 aliphatic heterocycles. The number of amides is 1. The number of fused-ring (bicyclic) bond motifs is 1. The Morgan fingerprint density at radius 3 is 2.25 bits per heavy atom. The number of nitrogens with one attached hydrogen (secondary N) is 2. The van der Waals surface area contributed by atoms with Gasteiger partial charge in [-0.3, -0.25) is 4.79 Å². The molecule has 0 spiro atoms. The molecule has 90 valence electrons. The molecule has 2 unspecified atom stereocenters. The van der Waals surface area contributed by atoms with Gasteiger partial charge in [0.2, 0.25) is 5.91 Å². The molecule has 1 amide bonds. The van der Waals surface area contributed by atoms with E-state index in [2.05, 4.69) is 10.6 Å². The predicted octanol–water partition coefficient (Wildman–Crippen LogP) is 0.663. The van der Waals surface area contributed by atoms with Gasteiger partial charge >= 0.3 is 6.18 Å². The molecule has 6 heteroatoms. The van der Waals surface area contributed by atoms with Crippen molar-refractivity contribution in [2.75, 3.05) is 13.1 Å². The second-order valence-corrected chi connectivity index (χ2v) is 5.08. The summed E-state index contributed by atoms with van der Waals surface area (Å²) in [6, 6.07) is 0. The summed E-state index contributed by atoms with van der Waals surface area (Å²) in [4.78, 5) is 11.7. The molecule has 1 heterocycles. The zero-order chi connectivity index (χ0) is 11.6. The van der Waals surface area contributed by atoms with E-state index in [1.165, 1.54) is 0 Å². The van der Waals surface area contributed by atoms with Gasteiger partial charge in [-0.25, -0.2) is 0 Å². The molecule has 3 nitrogen and oxygen atoms in total. The molecule has 3 fully saturated rings. The van der Waals surface area contributed by atoms with Crippen molar-refractivity contribution in [1.82, 2.24) is 10.6 Å². The lowest BCUT2D eigenvalue weighted by Crippen LogP contribution is -2.49. The highest BCUT2D eigenvalue weighted by Gasteiger charge is 2.66. The second-order valence-electron chi connectivity index (χ2n) is 5.08. The monoisotopic (exact) mass is 234 g/mol. The van der Waals surface area contributed by atoms with Crippen molar-refractivity contribution in [3.05, 3.63) is 0 Å². The average Bonchev–Trinajstić information content (AvgIpc) is 3.04. The highest BCUT2D eigenvalue weighted by Crippen LogP contribution is 2.52. The van der Waals surface area contributed by atoms with Crippen LogP contribution >= 0.6 is 0 Å². The minimum atomic E-state index is -4.30. The summed E-state index contributed by atoms with van der Waals surface area (Å²) in [5, 5.41) is 5.32. The Kier molecular flexibility index (Phi) is 1.89. The number of piperidine rings is 1. The largest absolute Gasteiger partial charge is 0.411 e. The maximum absolute atomic E-state index is 12.6. The molecule has 2 aliphatic carbocycles. The molecule has 0 radical (unpaired) electrons. The molecule has 0 aromatic rings. The van der Waals surface area contributed by atoms with Gasteiger partial charge in [-0.1, -0.05) is 0 Å². The SMILES string of the molecule is O=C(NC1(C(F)(F)F)CC1)C1C2CNC[C@H]21. The number of carbonyl (C=O) groups excluding carboxylic acids is 1. The van der Waals surface area contributed by atoms with Gasteiger partial charge in [0.1, 0.15) is 5.54 Å². The van der Waals surface area contributed by atoms with Gasteiger partial charge in [0, 0.05) is 5.92 Å². The molecular formula is C10H13F3N2O. The van der Waals surface area contributed by atoms with Crippen LogP contribution in [-0.2, 0) is 4.79 Å². The van der Waals surface area contributed by atoms with Gasteiger partial charge in [0.05, 0.1) is 0 Å². The number of carbonyl (C=O) groups is 1. The van der Waals surface area contributed by atoms with Gasteiger partial charge < -0.3 is 10.6 Å². The fourth-order valence-corrected chi connectivity index (χ4v) is 2.73. The summed E-state index contributed by atoms with van der Waals surface area (Å²) < 4.78 is 37.8. The van der Waals surface area contributed by atoms with Crippen LogP contribution < -0.4 is 10.6 Å². The van der Waals surface area contributed by atoms with Crippen molar-refractivity contribution in [3.63, 3.8) is 0 Å². The fraction of sp³-hybridized carbons (Fsp3) is 0.900. The topological polar surface area (TPSA) is 41.1 Å². The van der Waals surface area contributed by atoms with E-state index in [1.54, 1.807) is 0 Å². The van der Waals surface area contributed by atoms with E-state index in [1.807, 2.05) is 0 Å². The summed E-state index contributed by atoms with van der Waals surface area (Å²) in [6.07, 6.45) is -4.24. The Hall–Kier alpha value is -0.780. The smallest absolute Gasteiger partial charge is 0.342 e. The van der Waals surface area contributed by atoms with Crippen LogP contribution in [0.4, 0.5) is 13.2 Å². The Labute approximate surface area is 90.8 Å². The molecule has 3 rings (SSSR count). The molecule has 0 aromatic heterocycles. The Bertz CT molecular complexity index is 327. The van der Waals surface area contributed by atoms with Crippen LogP contribution in [-0.4, -0.2) is 30.7 Å². The predicted molar refractivity (Wildman–Crippen MR) is 49.5 cm³/mol. The van der Waals surface area contributed by atoms with Gasteiger partial charge in [-0.05, 0) is 37.8 Å². The summed E-state index contributed by atoms with van der Waals surface area (Å²) in [5.41, 5.74) is -1.89. The van der Waals surface area contributed by atoms with Crippen molar-refractivity contribution >= 4 is 5.91 Å². The number of hydrogen-bond acceptors (Lipinski definition) is 2. The first kappa shape index (κ1) is 10.4. The summed E-state index contributed by atoms with van der Waals surface area (Å²) >= 11 is 0. The van der Waals surface area contributed by atoms with E-state index in [4.69, 9.17) is 0 Å². The highest BCUT2D eigenvalue weighted by atomic mass is 19.4. The molecule has 3 atom stereocenters. The van der Waals surface area contributed by atoms with E-state index < -0.39 is 17.6 Å². The molecule has 3 aliphatic rings. The third-order valence-corrected chi connectivity index (χ3v) is 4.05. The van der Waals surface area contributed by atoms with E-state index >= 15 is 0 Å². The first-order valence-corrected chi connectivity index (χ1v) is 5.54. The molecule has 16 heavy (non-hydrogen) atoms. The van der Waals surface area contributed by atoms with Gasteiger partial charge in [0.25, 0.3) is 0 Å². The first-order chi connectivity index (χ1) is 7.45. The van der Waals surface area contributed by atoms with Gasteiger partial charge in [-0.2, -0.15) is 13.2 Å². The molecule has 2 N–H and O–H groups in total. The third kappa shape index (κ3) is 1.35. The molecule has 2 saturated carbocycles. The number of rotatable bonds is 2. The fourth-order valence-electron chi connectivity index (χ4n) is 2.73. The lowest BCUT2D eigenvalue weighted by Gasteiger charge is -2.21. The van der Waals surface area contributed by atoms with Crippen molar-refractivity contribution in [2.24, 2.45) is 17.8 Å². The number of hydrogen-bond donors (Lipinski definition) is 2. The van der Waals surface area contributed by atoms with Crippen molar-refractivity contribution in [2.45, 2.75) is 24.6 Å². The zero-order valence-corrected chi connectivity index (χ0v) is 8.60. The third-order valence-electron chi connectivity index (χ3n) is 4.05. The zero-order valence-electron chi connectivity index (χ0n) is 8.60. The van der Waals surface area contributed by atoms with E-state index in [0.717, 1.165) is 13.1 Å². The van der Waals surface area contributed by atoms with Gasteiger partial charge in [-0.15, -0.1) is 0 Å². The van der Waals surface area contributed by atoms with Crippen LogP contribution in [0.5, 0.6) is 0 Å². The van der Waals surface area contributed by atoms with Crippen molar-refractivity contribution in [3.8, 4) is 0 Å². The van der Waals surface area contributed by atoms with Crippen molar-refractivity contribution in [1.29, 1.82) is 0 Å². The Balaban J connectivity index is 1.62. The van der Waals surface area contributed by atoms with E-state index in [0.29, 0.717) is 0 Å². The number of alkyl halides is 3. The average molecular weight is 234 g/mol. The van der Waals surface area contributed by atoms with Gasteiger partial charge in [0.15, 0.2) is 0 Å². The van der Waals surface area contributed by atoms with E-state index in [-0.39, 0.29) is 30.6 Å². The maximum atomic E-state index is 12.6. The van der Waals surface area contributed by atoms with Crippen LogP contribution in [0, 0.1) is 17.8 Å². The lowest BCUT2D eigenvalue weighted by atomic mass is 10.2. The lowest BCUT2D eigenvalue weighted by molar-refractivity contribution is -0.170. The highest BCUT2D eigenvalue weighted by molar-refractivity contribution is 5.83. The van der Waals surface area contributed by atoms with Crippen LogP contribution in [0.3, 0.4) is 0 Å². The second kappa shape index (κ2) is 2.91. The van der Waals surface area contributed by atoms with Crippen LogP contribution in [0.15, 0.2) is 0 Å². The minimum absolute atomic E-state index is 0.0303. The van der Waals surface area contributed by atoms with Crippen molar-refractivity contribution < 1.29 is 18.0 Å². The number of halogens is 3.